The Bertz CT molecular complexity index is 1670. The second-order valence-corrected chi connectivity index (χ2v) is 15.9. The van der Waals surface area contributed by atoms with Crippen LogP contribution in [0.25, 0.3) is 17.0 Å². The summed E-state index contributed by atoms with van der Waals surface area (Å²) in [5.41, 5.74) is 2.99. The molecule has 0 radical (unpaired) electrons. The number of nitrogens with one attached hydrogen (secondary N) is 2. The van der Waals surface area contributed by atoms with E-state index in [2.05, 4.69) is 82.2 Å². The first-order valence-electron chi connectivity index (χ1n) is 14.5. The van der Waals surface area contributed by atoms with E-state index in [4.69, 9.17) is 16.3 Å². The fourth-order valence-corrected chi connectivity index (χ4v) is 7.03. The van der Waals surface area contributed by atoms with Gasteiger partial charge in [-0.05, 0) is 53.5 Å². The molecule has 0 amide bonds. The number of hydrogen-bond donors (Lipinski definition) is 2. The van der Waals surface area contributed by atoms with Crippen molar-refractivity contribution in [2.45, 2.75) is 97.3 Å². The van der Waals surface area contributed by atoms with Crippen molar-refractivity contribution in [3.63, 3.8) is 0 Å². The number of H-pyrrole nitrogens is 1. The molecule has 228 valence electrons. The predicted molar refractivity (Wildman–Crippen MR) is 171 cm³/mol. The van der Waals surface area contributed by atoms with E-state index >= 15 is 0 Å². The van der Waals surface area contributed by atoms with Gasteiger partial charge in [-0.2, -0.15) is 4.63 Å². The van der Waals surface area contributed by atoms with Crippen LogP contribution in [0.4, 0.5) is 5.69 Å². The zero-order valence-corrected chi connectivity index (χ0v) is 27.8. The van der Waals surface area contributed by atoms with Crippen LogP contribution < -0.4 is 9.46 Å². The van der Waals surface area contributed by atoms with Gasteiger partial charge in [0.1, 0.15) is 15.7 Å². The van der Waals surface area contributed by atoms with Crippen LogP contribution in [0.2, 0.25) is 5.02 Å². The second kappa shape index (κ2) is 11.6. The van der Waals surface area contributed by atoms with E-state index in [1.165, 1.54) is 0 Å². The minimum absolute atomic E-state index is 0.0722. The number of fused-ring (bicyclic) bond motifs is 1. The van der Waals surface area contributed by atoms with Gasteiger partial charge in [0.2, 0.25) is 0 Å². The Kier molecular flexibility index (Phi) is 8.78. The summed E-state index contributed by atoms with van der Waals surface area (Å²) in [5.74, 6) is 0.774. The Morgan fingerprint density at radius 2 is 1.74 bits per heavy atom. The van der Waals surface area contributed by atoms with Crippen molar-refractivity contribution in [2.75, 3.05) is 11.3 Å². The van der Waals surface area contributed by atoms with Crippen molar-refractivity contribution in [3.05, 3.63) is 58.7 Å². The van der Waals surface area contributed by atoms with Crippen LogP contribution in [0.3, 0.4) is 0 Å². The van der Waals surface area contributed by atoms with Gasteiger partial charge in [0, 0.05) is 16.7 Å². The Morgan fingerprint density at radius 1 is 1.02 bits per heavy atom. The van der Waals surface area contributed by atoms with E-state index < -0.39 is 10.0 Å². The van der Waals surface area contributed by atoms with E-state index in [1.54, 1.807) is 35.0 Å². The lowest BCUT2D eigenvalue weighted by molar-refractivity contribution is 0.282. The van der Waals surface area contributed by atoms with Crippen LogP contribution in [-0.4, -0.2) is 34.8 Å². The minimum atomic E-state index is -4.00. The normalized spacial score (nSPS) is 13.1. The van der Waals surface area contributed by atoms with Gasteiger partial charge in [-0.15, -0.1) is 5.10 Å². The molecule has 42 heavy (non-hydrogen) atoms. The molecule has 0 unspecified atom stereocenters. The highest BCUT2D eigenvalue weighted by molar-refractivity contribution is 7.92. The summed E-state index contributed by atoms with van der Waals surface area (Å²) in [4.78, 5) is 4.75. The molecule has 2 aromatic carbocycles. The molecule has 2 N–H and O–H groups in total. The number of unbranched alkanes of at least 4 members (excludes halogenated alkanes) is 1. The summed E-state index contributed by atoms with van der Waals surface area (Å²) in [6.07, 6.45) is 2.67. The van der Waals surface area contributed by atoms with Gasteiger partial charge < -0.3 is 4.74 Å². The highest BCUT2D eigenvalue weighted by atomic mass is 35.5. The number of nitrogens with zero attached hydrogens (tertiary/aromatic N) is 3. The lowest BCUT2D eigenvalue weighted by Crippen LogP contribution is -2.25. The Balaban J connectivity index is 1.69. The summed E-state index contributed by atoms with van der Waals surface area (Å²) in [7, 11) is -4.00. The minimum Gasteiger partial charge on any atom is -0.492 e. The Labute approximate surface area is 255 Å². The quantitative estimate of drug-likeness (QED) is 0.175. The van der Waals surface area contributed by atoms with Crippen molar-refractivity contribution >= 4 is 33.0 Å². The highest BCUT2D eigenvalue weighted by Crippen LogP contribution is 2.39. The molecule has 0 saturated heterocycles. The lowest BCUT2D eigenvalue weighted by atomic mass is 9.72. The van der Waals surface area contributed by atoms with Gasteiger partial charge in [-0.1, -0.05) is 98.5 Å². The van der Waals surface area contributed by atoms with Gasteiger partial charge in [-0.25, -0.2) is 13.4 Å². The van der Waals surface area contributed by atoms with Gasteiger partial charge in [0.15, 0.2) is 11.5 Å². The molecule has 0 spiro atoms. The molecule has 4 rings (SSSR count). The van der Waals surface area contributed by atoms with Gasteiger partial charge in [0.25, 0.3) is 10.0 Å². The third-order valence-corrected chi connectivity index (χ3v) is 8.87. The van der Waals surface area contributed by atoms with Crippen LogP contribution in [-0.2, 0) is 20.9 Å². The molecule has 0 aliphatic carbocycles. The molecule has 0 fully saturated rings. The first-order chi connectivity index (χ1) is 19.4. The molecule has 0 aliphatic heterocycles. The third kappa shape index (κ3) is 7.11. The van der Waals surface area contributed by atoms with Crippen LogP contribution >= 0.6 is 11.6 Å². The molecule has 2 aromatic heterocycles. The molecule has 10 heteroatoms. The number of benzene rings is 2. The van der Waals surface area contributed by atoms with E-state index in [9.17, 15) is 8.42 Å². The molecular weight excluding hydrogens is 570 g/mol. The van der Waals surface area contributed by atoms with Crippen molar-refractivity contribution in [1.29, 1.82) is 0 Å². The monoisotopic (exact) mass is 613 g/mol. The lowest BCUT2D eigenvalue weighted by Gasteiger charge is -2.33. The van der Waals surface area contributed by atoms with Crippen LogP contribution in [0.5, 0.6) is 5.75 Å². The zero-order valence-electron chi connectivity index (χ0n) is 26.2. The number of halogens is 1. The molecule has 0 saturated carbocycles. The van der Waals surface area contributed by atoms with Gasteiger partial charge in [-0.3, -0.25) is 9.82 Å². The summed E-state index contributed by atoms with van der Waals surface area (Å²) in [6, 6.07) is 12.6. The molecule has 0 atom stereocenters. The maximum Gasteiger partial charge on any atom is 0.265 e. The third-order valence-electron chi connectivity index (χ3n) is 7.11. The maximum atomic E-state index is 13.9. The fourth-order valence-electron chi connectivity index (χ4n) is 5.36. The average molecular weight is 614 g/mol. The molecule has 4 aromatic rings. The molecule has 0 bridgehead atoms. The van der Waals surface area contributed by atoms with E-state index in [0.29, 0.717) is 40.1 Å². The average Bonchev–Trinajstić information content (AvgIpc) is 3.42. The first-order valence-corrected chi connectivity index (χ1v) is 16.3. The number of sulfonamides is 1. The number of anilines is 1. The number of rotatable bonds is 10. The van der Waals surface area contributed by atoms with Gasteiger partial charge in [0.05, 0.1) is 12.3 Å². The highest BCUT2D eigenvalue weighted by Gasteiger charge is 2.30. The van der Waals surface area contributed by atoms with Gasteiger partial charge >= 0.3 is 0 Å². The molecule has 8 nitrogen and oxygen atoms in total. The standard InChI is InChI=1S/C32H44ClN5O3S/c1-10-11-17-41-24-16-15-22(32(8,9)20-30(2,3)4)19-25(24)42(39,40)37-23-14-12-13-21(18-23)28-34-29-26(33)27(31(5,6)7)35-38(29)36-28/h12-16,18-19,35,37H,10-11,17,20H2,1-9H3. The second-order valence-electron chi connectivity index (χ2n) is 13.9. The van der Waals surface area contributed by atoms with Crippen LogP contribution in [0.1, 0.15) is 92.8 Å². The topological polar surface area (TPSA) is 101 Å². The summed E-state index contributed by atoms with van der Waals surface area (Å²) in [5, 5.41) is 8.29. The largest absolute Gasteiger partial charge is 0.492 e. The van der Waals surface area contributed by atoms with Crippen molar-refractivity contribution in [3.8, 4) is 17.1 Å². The van der Waals surface area contributed by atoms with E-state index in [0.717, 1.165) is 30.5 Å². The maximum absolute atomic E-state index is 13.9. The zero-order chi connectivity index (χ0) is 31.1. The number of ether oxygens (including phenoxy) is 1. The van der Waals surface area contributed by atoms with E-state index in [1.807, 2.05) is 12.1 Å². The smallest absolute Gasteiger partial charge is 0.265 e. The molecule has 2 heterocycles. The summed E-state index contributed by atoms with van der Waals surface area (Å²) < 4.78 is 38.1. The Morgan fingerprint density at radius 3 is 2.36 bits per heavy atom. The van der Waals surface area contributed by atoms with Crippen molar-refractivity contribution in [1.82, 2.24) is 19.8 Å². The summed E-state index contributed by atoms with van der Waals surface area (Å²) in [6.45, 7) is 19.6. The number of aromatic amines is 1. The van der Waals surface area contributed by atoms with Crippen molar-refractivity contribution in [2.24, 2.45) is 5.41 Å². The summed E-state index contributed by atoms with van der Waals surface area (Å²) >= 11 is 6.61. The fraction of sp³-hybridized carbons (Fsp3) is 0.500. The molecule has 0 aliphatic rings. The predicted octanol–water partition coefficient (Wildman–Crippen LogP) is 8.37. The number of aromatic nitrogens is 4. The van der Waals surface area contributed by atoms with Crippen molar-refractivity contribution < 1.29 is 13.2 Å². The van der Waals surface area contributed by atoms with E-state index in [-0.39, 0.29) is 21.1 Å². The first kappa shape index (κ1) is 31.9. The Hall–Kier alpha value is -3.04. The van der Waals surface area contributed by atoms with Crippen LogP contribution in [0.15, 0.2) is 47.4 Å². The number of hydrogen-bond acceptors (Lipinski definition) is 5. The SMILES string of the molecule is CCCCOc1ccc(C(C)(C)CC(C)(C)C)cc1S(=O)(=O)Nc1cccc(-c2nc3c(Cl)c(C(C)(C)C)[nH]n3n2)c1. The van der Waals surface area contributed by atoms with Crippen LogP contribution in [0, 0.1) is 5.41 Å². The molecular formula is C32H44ClN5O3S.